The molecular weight excluding hydrogens is 326 g/mol. The predicted molar refractivity (Wildman–Crippen MR) is 87.6 cm³/mol. The molecule has 134 valence electrons. The molecule has 0 heterocycles. The van der Waals surface area contributed by atoms with Crippen LogP contribution in [0, 0.1) is 16.9 Å². The van der Waals surface area contributed by atoms with Gasteiger partial charge >= 0.3 is 11.9 Å². The molecule has 1 unspecified atom stereocenters. The van der Waals surface area contributed by atoms with E-state index in [9.17, 15) is 14.4 Å². The fraction of sp³-hybridized carbons (Fsp3) is 0.412. The zero-order valence-corrected chi connectivity index (χ0v) is 14.1. The first kappa shape index (κ1) is 20.0. The fourth-order valence-corrected chi connectivity index (χ4v) is 2.53. The summed E-state index contributed by atoms with van der Waals surface area (Å²) in [6.07, 6.45) is 2.66. The van der Waals surface area contributed by atoms with Crippen molar-refractivity contribution in [3.63, 3.8) is 0 Å². The van der Waals surface area contributed by atoms with Crippen molar-refractivity contribution in [2.24, 2.45) is 5.41 Å². The minimum absolute atomic E-state index is 0.407. The molecule has 0 spiro atoms. The van der Waals surface area contributed by atoms with Gasteiger partial charge in [0.1, 0.15) is 0 Å². The molecule has 0 saturated heterocycles. The van der Waals surface area contributed by atoms with Crippen LogP contribution < -0.4 is 10.8 Å². The van der Waals surface area contributed by atoms with E-state index in [1.54, 1.807) is 5.48 Å². The van der Waals surface area contributed by atoms with E-state index in [4.69, 9.17) is 10.4 Å². The molecule has 25 heavy (non-hydrogen) atoms. The van der Waals surface area contributed by atoms with Crippen molar-refractivity contribution in [1.29, 1.82) is 5.26 Å². The Morgan fingerprint density at radius 1 is 1.24 bits per heavy atom. The average Bonchev–Trinajstić information content (AvgIpc) is 2.62. The van der Waals surface area contributed by atoms with E-state index >= 15 is 0 Å². The summed E-state index contributed by atoms with van der Waals surface area (Å²) < 4.78 is 0. The first-order chi connectivity index (χ1) is 11.9. The lowest BCUT2D eigenvalue weighted by Crippen LogP contribution is -2.53. The lowest BCUT2D eigenvalue weighted by molar-refractivity contribution is -0.161. The molecule has 0 fully saturated rings. The Balaban J connectivity index is 2.98. The summed E-state index contributed by atoms with van der Waals surface area (Å²) in [7, 11) is 0. The summed E-state index contributed by atoms with van der Waals surface area (Å²) in [5.74, 6) is -3.40. The fourth-order valence-electron chi connectivity index (χ4n) is 2.53. The van der Waals surface area contributed by atoms with Crippen LogP contribution in [0.25, 0.3) is 0 Å². The normalized spacial score (nSPS) is 11.7. The van der Waals surface area contributed by atoms with E-state index in [0.717, 1.165) is 5.56 Å². The molecule has 8 nitrogen and oxygen atoms in total. The molecule has 8 heteroatoms. The number of benzene rings is 1. The van der Waals surface area contributed by atoms with E-state index in [-0.39, 0.29) is 0 Å². The van der Waals surface area contributed by atoms with E-state index < -0.39 is 29.3 Å². The summed E-state index contributed by atoms with van der Waals surface area (Å²) in [6, 6.07) is 7.44. The maximum atomic E-state index is 12.8. The summed E-state index contributed by atoms with van der Waals surface area (Å²) in [6.45, 7) is 3.66. The number of aliphatic carboxylic acids is 1. The van der Waals surface area contributed by atoms with Crippen molar-refractivity contribution in [3.8, 4) is 6.19 Å². The number of amides is 1. The largest absolute Gasteiger partial charge is 0.479 e. The first-order valence-electron chi connectivity index (χ1n) is 7.82. The molecule has 0 aromatic heterocycles. The van der Waals surface area contributed by atoms with Gasteiger partial charge in [-0.05, 0) is 24.8 Å². The zero-order valence-electron chi connectivity index (χ0n) is 14.1. The Hall–Kier alpha value is -3.08. The topological polar surface area (TPSA) is 129 Å². The van der Waals surface area contributed by atoms with Gasteiger partial charge in [-0.15, -0.1) is 0 Å². The van der Waals surface area contributed by atoms with Crippen LogP contribution in [0.1, 0.15) is 32.3 Å². The summed E-state index contributed by atoms with van der Waals surface area (Å²) >= 11 is 0. The number of hydrogen-bond acceptors (Lipinski definition) is 6. The van der Waals surface area contributed by atoms with Gasteiger partial charge in [0.15, 0.2) is 0 Å². The highest BCUT2D eigenvalue weighted by molar-refractivity contribution is 6.02. The molecule has 0 saturated carbocycles. The maximum Gasteiger partial charge on any atom is 0.366 e. The smallest absolute Gasteiger partial charge is 0.366 e. The van der Waals surface area contributed by atoms with Gasteiger partial charge in [0.2, 0.25) is 18.1 Å². The average molecular weight is 347 g/mol. The van der Waals surface area contributed by atoms with Gasteiger partial charge < -0.3 is 15.3 Å². The monoisotopic (exact) mass is 347 g/mol. The molecule has 0 radical (unpaired) electrons. The molecule has 0 aliphatic rings. The SMILES string of the molecule is CCC(CC)(Cc1ccccc1)C(=O)NC(C(=O)O)C(=O)ONC#N. The van der Waals surface area contributed by atoms with Crippen molar-refractivity contribution < 1.29 is 24.3 Å². The highest BCUT2D eigenvalue weighted by Crippen LogP contribution is 2.31. The molecule has 0 aliphatic carbocycles. The molecule has 1 amide bonds. The standard InChI is InChI=1S/C17H21N3O5/c1-3-17(4-2,10-12-8-6-5-7-9-12)16(24)20-13(14(21)22)15(23)25-19-11-18/h5-9,13,19H,3-4,10H2,1-2H3,(H,20,24)(H,21,22). The van der Waals surface area contributed by atoms with Crippen LogP contribution in [-0.4, -0.2) is 29.0 Å². The van der Waals surface area contributed by atoms with Crippen LogP contribution >= 0.6 is 0 Å². The van der Waals surface area contributed by atoms with Crippen molar-refractivity contribution in [2.45, 2.75) is 39.2 Å². The Labute approximate surface area is 145 Å². The quantitative estimate of drug-likeness (QED) is 0.264. The number of nitrogens with one attached hydrogen (secondary N) is 2. The number of rotatable bonds is 9. The summed E-state index contributed by atoms with van der Waals surface area (Å²) in [4.78, 5) is 40.0. The second kappa shape index (κ2) is 9.27. The predicted octanol–water partition coefficient (Wildman–Crippen LogP) is 1.13. The van der Waals surface area contributed by atoms with Crippen LogP contribution in [0.3, 0.4) is 0 Å². The van der Waals surface area contributed by atoms with Crippen molar-refractivity contribution in [1.82, 2.24) is 10.8 Å². The molecule has 1 aromatic rings. The van der Waals surface area contributed by atoms with Crippen LogP contribution in [-0.2, 0) is 25.6 Å². The number of hydroxylamine groups is 1. The van der Waals surface area contributed by atoms with Crippen LogP contribution in [0.2, 0.25) is 0 Å². The maximum absolute atomic E-state index is 12.8. The van der Waals surface area contributed by atoms with Gasteiger partial charge in [0, 0.05) is 0 Å². The number of nitriles is 1. The number of carbonyl (C=O) groups excluding carboxylic acids is 2. The Morgan fingerprint density at radius 2 is 1.84 bits per heavy atom. The number of carbonyl (C=O) groups is 3. The van der Waals surface area contributed by atoms with Crippen molar-refractivity contribution in [2.75, 3.05) is 0 Å². The molecule has 0 bridgehead atoms. The van der Waals surface area contributed by atoms with E-state index in [2.05, 4.69) is 10.2 Å². The number of nitrogens with zero attached hydrogens (tertiary/aromatic N) is 1. The number of carboxylic acid groups (broad SMARTS) is 1. The number of hydrogen-bond donors (Lipinski definition) is 3. The Morgan fingerprint density at radius 3 is 2.32 bits per heavy atom. The molecular formula is C17H21N3O5. The third kappa shape index (κ3) is 5.21. The summed E-state index contributed by atoms with van der Waals surface area (Å²) in [5.41, 5.74) is 1.67. The summed E-state index contributed by atoms with van der Waals surface area (Å²) in [5, 5.41) is 19.7. The minimum atomic E-state index is -1.90. The third-order valence-corrected chi connectivity index (χ3v) is 4.18. The van der Waals surface area contributed by atoms with Gasteiger partial charge in [0.05, 0.1) is 5.41 Å². The molecule has 1 aromatic carbocycles. The van der Waals surface area contributed by atoms with Gasteiger partial charge in [-0.3, -0.25) is 4.79 Å². The number of carboxylic acids is 1. The second-order valence-electron chi connectivity index (χ2n) is 5.53. The first-order valence-corrected chi connectivity index (χ1v) is 7.82. The second-order valence-corrected chi connectivity index (χ2v) is 5.53. The Kier molecular flexibility index (Phi) is 7.41. The van der Waals surface area contributed by atoms with E-state index in [1.807, 2.05) is 44.2 Å². The Bertz CT molecular complexity index is 650. The van der Waals surface area contributed by atoms with E-state index in [1.165, 1.54) is 6.19 Å². The molecule has 1 atom stereocenters. The van der Waals surface area contributed by atoms with Crippen LogP contribution in [0.15, 0.2) is 30.3 Å². The van der Waals surface area contributed by atoms with Crippen LogP contribution in [0.4, 0.5) is 0 Å². The molecule has 1 rings (SSSR count). The molecule has 0 aliphatic heterocycles. The zero-order chi connectivity index (χ0) is 18.9. The van der Waals surface area contributed by atoms with Crippen molar-refractivity contribution >= 4 is 17.8 Å². The van der Waals surface area contributed by atoms with E-state index in [0.29, 0.717) is 19.3 Å². The lowest BCUT2D eigenvalue weighted by Gasteiger charge is -2.31. The van der Waals surface area contributed by atoms with Gasteiger partial charge in [-0.1, -0.05) is 44.2 Å². The van der Waals surface area contributed by atoms with Crippen molar-refractivity contribution in [3.05, 3.63) is 35.9 Å². The molecule has 3 N–H and O–H groups in total. The highest BCUT2D eigenvalue weighted by Gasteiger charge is 2.39. The minimum Gasteiger partial charge on any atom is -0.479 e. The van der Waals surface area contributed by atoms with Crippen LogP contribution in [0.5, 0.6) is 0 Å². The third-order valence-electron chi connectivity index (χ3n) is 4.18. The highest BCUT2D eigenvalue weighted by atomic mass is 16.7. The van der Waals surface area contributed by atoms with Gasteiger partial charge in [-0.25, -0.2) is 9.59 Å². The van der Waals surface area contributed by atoms with Gasteiger partial charge in [0.25, 0.3) is 0 Å². The lowest BCUT2D eigenvalue weighted by atomic mass is 9.76. The van der Waals surface area contributed by atoms with Gasteiger partial charge in [-0.2, -0.15) is 10.7 Å².